The van der Waals surface area contributed by atoms with Crippen molar-refractivity contribution in [2.45, 2.75) is 6.92 Å². The van der Waals surface area contributed by atoms with Gasteiger partial charge in [0.25, 0.3) is 0 Å². The summed E-state index contributed by atoms with van der Waals surface area (Å²) in [4.78, 5) is 1.90. The van der Waals surface area contributed by atoms with Crippen LogP contribution < -0.4 is 10.2 Å². The van der Waals surface area contributed by atoms with Crippen molar-refractivity contribution in [2.24, 2.45) is 0 Å². The highest BCUT2D eigenvalue weighted by molar-refractivity contribution is 5.68. The molecule has 0 fully saturated rings. The molecule has 0 amide bonds. The van der Waals surface area contributed by atoms with E-state index in [1.54, 1.807) is 30.3 Å². The number of rotatable bonds is 6. The van der Waals surface area contributed by atoms with Crippen LogP contribution in [0.4, 0.5) is 17.1 Å². The molecule has 0 bridgehead atoms. The highest BCUT2D eigenvalue weighted by atomic mass is 16.3. The van der Waals surface area contributed by atoms with Gasteiger partial charge in [0.1, 0.15) is 11.5 Å². The van der Waals surface area contributed by atoms with E-state index in [1.807, 2.05) is 24.0 Å². The van der Waals surface area contributed by atoms with Crippen LogP contribution in [-0.2, 0) is 0 Å². The molecular formula is C16H20N2O3. The van der Waals surface area contributed by atoms with Crippen molar-refractivity contribution >= 4 is 17.1 Å². The van der Waals surface area contributed by atoms with Gasteiger partial charge in [-0.15, -0.1) is 0 Å². The Morgan fingerprint density at radius 2 is 1.67 bits per heavy atom. The molecule has 0 unspecified atom stereocenters. The Morgan fingerprint density at radius 1 is 1.00 bits per heavy atom. The van der Waals surface area contributed by atoms with Crippen molar-refractivity contribution in [3.8, 4) is 11.5 Å². The van der Waals surface area contributed by atoms with E-state index in [-0.39, 0.29) is 18.1 Å². The highest BCUT2D eigenvalue weighted by Crippen LogP contribution is 2.31. The van der Waals surface area contributed by atoms with E-state index in [0.29, 0.717) is 18.8 Å². The summed E-state index contributed by atoms with van der Waals surface area (Å²) in [6, 6.07) is 12.0. The molecule has 0 aliphatic carbocycles. The summed E-state index contributed by atoms with van der Waals surface area (Å²) in [5, 5.41) is 31.6. The molecule has 0 aliphatic heterocycles. The number of likely N-dealkylation sites (N-methyl/N-ethyl adjacent to an activating group) is 1. The molecule has 21 heavy (non-hydrogen) atoms. The molecule has 4 N–H and O–H groups in total. The summed E-state index contributed by atoms with van der Waals surface area (Å²) in [6.07, 6.45) is 0. The Labute approximate surface area is 124 Å². The monoisotopic (exact) mass is 288 g/mol. The van der Waals surface area contributed by atoms with Crippen LogP contribution in [0.5, 0.6) is 11.5 Å². The predicted molar refractivity (Wildman–Crippen MR) is 84.5 cm³/mol. The van der Waals surface area contributed by atoms with Gasteiger partial charge in [0.2, 0.25) is 0 Å². The average molecular weight is 288 g/mol. The first-order chi connectivity index (χ1) is 10.1. The molecule has 0 saturated carbocycles. The topological polar surface area (TPSA) is 76.0 Å². The summed E-state index contributed by atoms with van der Waals surface area (Å²) in [5.41, 5.74) is 2.27. The molecule has 0 radical (unpaired) electrons. The number of aromatic hydroxyl groups is 2. The van der Waals surface area contributed by atoms with Gasteiger partial charge < -0.3 is 25.5 Å². The summed E-state index contributed by atoms with van der Waals surface area (Å²) >= 11 is 0. The van der Waals surface area contributed by atoms with E-state index in [2.05, 4.69) is 5.32 Å². The maximum Gasteiger partial charge on any atom is 0.140 e. The van der Waals surface area contributed by atoms with Gasteiger partial charge in [-0.05, 0) is 43.3 Å². The van der Waals surface area contributed by atoms with Crippen molar-refractivity contribution < 1.29 is 15.3 Å². The number of phenols is 2. The van der Waals surface area contributed by atoms with Gasteiger partial charge in [-0.2, -0.15) is 0 Å². The van der Waals surface area contributed by atoms with Gasteiger partial charge in [-0.25, -0.2) is 0 Å². The lowest BCUT2D eigenvalue weighted by Crippen LogP contribution is -2.26. The van der Waals surface area contributed by atoms with Crippen LogP contribution in [0, 0.1) is 0 Å². The largest absolute Gasteiger partial charge is 0.508 e. The molecule has 112 valence electrons. The fourth-order valence-electron chi connectivity index (χ4n) is 2.15. The number of nitrogens with one attached hydrogen (secondary N) is 1. The molecule has 0 aromatic heterocycles. The maximum atomic E-state index is 10.1. The minimum absolute atomic E-state index is 0.0425. The van der Waals surface area contributed by atoms with Gasteiger partial charge in [0.15, 0.2) is 0 Å². The predicted octanol–water partition coefficient (Wildman–Crippen LogP) is 2.66. The van der Waals surface area contributed by atoms with Gasteiger partial charge in [-0.3, -0.25) is 0 Å². The van der Waals surface area contributed by atoms with Crippen LogP contribution in [0.1, 0.15) is 6.92 Å². The van der Waals surface area contributed by atoms with Crippen LogP contribution in [-0.4, -0.2) is 35.0 Å². The number of aliphatic hydroxyl groups is 1. The first-order valence-electron chi connectivity index (χ1n) is 6.89. The molecule has 2 rings (SSSR count). The maximum absolute atomic E-state index is 10.1. The molecule has 5 nitrogen and oxygen atoms in total. The lowest BCUT2D eigenvalue weighted by molar-refractivity contribution is 0.302. The zero-order valence-corrected chi connectivity index (χ0v) is 12.0. The van der Waals surface area contributed by atoms with Crippen molar-refractivity contribution in [3.63, 3.8) is 0 Å². The van der Waals surface area contributed by atoms with Gasteiger partial charge in [-0.1, -0.05) is 0 Å². The van der Waals surface area contributed by atoms with E-state index in [0.717, 1.165) is 11.4 Å². The molecule has 2 aromatic rings. The smallest absolute Gasteiger partial charge is 0.140 e. The summed E-state index contributed by atoms with van der Waals surface area (Å²) in [6.45, 7) is 3.20. The molecule has 0 saturated heterocycles. The van der Waals surface area contributed by atoms with E-state index in [4.69, 9.17) is 5.11 Å². The third-order valence-corrected chi connectivity index (χ3v) is 3.22. The molecule has 0 spiro atoms. The quantitative estimate of drug-likeness (QED) is 0.615. The molecule has 2 aromatic carbocycles. The summed E-state index contributed by atoms with van der Waals surface area (Å²) in [5.74, 6) is 0.371. The van der Waals surface area contributed by atoms with E-state index in [9.17, 15) is 10.2 Å². The van der Waals surface area contributed by atoms with Crippen LogP contribution in [0.3, 0.4) is 0 Å². The van der Waals surface area contributed by atoms with Crippen LogP contribution >= 0.6 is 0 Å². The van der Waals surface area contributed by atoms with Gasteiger partial charge in [0.05, 0.1) is 12.3 Å². The Bertz CT molecular complexity index is 585. The number of aliphatic hydroxyl groups excluding tert-OH is 1. The summed E-state index contributed by atoms with van der Waals surface area (Å²) < 4.78 is 0. The Balaban J connectivity index is 2.16. The zero-order valence-electron chi connectivity index (χ0n) is 12.0. The second-order valence-electron chi connectivity index (χ2n) is 4.68. The van der Waals surface area contributed by atoms with Crippen molar-refractivity contribution in [3.05, 3.63) is 42.5 Å². The van der Waals surface area contributed by atoms with Crippen LogP contribution in [0.15, 0.2) is 42.5 Å². The van der Waals surface area contributed by atoms with Crippen molar-refractivity contribution in [1.29, 1.82) is 0 Å². The van der Waals surface area contributed by atoms with Crippen LogP contribution in [0.25, 0.3) is 0 Å². The van der Waals surface area contributed by atoms with Crippen molar-refractivity contribution in [1.82, 2.24) is 0 Å². The fourth-order valence-corrected chi connectivity index (χ4v) is 2.15. The van der Waals surface area contributed by atoms with E-state index >= 15 is 0 Å². The normalized spacial score (nSPS) is 10.4. The molecule has 0 aliphatic rings. The Morgan fingerprint density at radius 3 is 2.24 bits per heavy atom. The number of hydrogen-bond acceptors (Lipinski definition) is 5. The number of phenolic OH excluding ortho intramolecular Hbond substituents is 2. The second-order valence-corrected chi connectivity index (χ2v) is 4.68. The van der Waals surface area contributed by atoms with E-state index in [1.165, 1.54) is 0 Å². The number of nitrogens with zero attached hydrogens (tertiary/aromatic N) is 1. The van der Waals surface area contributed by atoms with Gasteiger partial charge >= 0.3 is 0 Å². The first kappa shape index (κ1) is 15.0. The lowest BCUT2D eigenvalue weighted by atomic mass is 10.2. The van der Waals surface area contributed by atoms with Gasteiger partial charge in [0, 0.05) is 30.5 Å². The Hall–Kier alpha value is -2.40. The SMILES string of the molecule is CCN(CCO)c1ccc(Nc2ccc(O)cc2)cc1O. The van der Waals surface area contributed by atoms with Crippen LogP contribution in [0.2, 0.25) is 0 Å². The second kappa shape index (κ2) is 6.85. The van der Waals surface area contributed by atoms with Crippen molar-refractivity contribution in [2.75, 3.05) is 29.9 Å². The molecular weight excluding hydrogens is 268 g/mol. The summed E-state index contributed by atoms with van der Waals surface area (Å²) in [7, 11) is 0. The Kier molecular flexibility index (Phi) is 4.90. The minimum Gasteiger partial charge on any atom is -0.508 e. The number of hydrogen-bond donors (Lipinski definition) is 4. The van der Waals surface area contributed by atoms with E-state index < -0.39 is 0 Å². The lowest BCUT2D eigenvalue weighted by Gasteiger charge is -2.23. The standard InChI is InChI=1S/C16H20N2O3/c1-2-18(9-10-19)15-8-5-13(11-16(15)21)17-12-3-6-14(20)7-4-12/h3-8,11,17,19-21H,2,9-10H2,1H3. The number of benzene rings is 2. The fraction of sp³-hybridized carbons (Fsp3) is 0.250. The first-order valence-corrected chi connectivity index (χ1v) is 6.89. The third-order valence-electron chi connectivity index (χ3n) is 3.22. The number of anilines is 3. The zero-order chi connectivity index (χ0) is 15.2. The highest BCUT2D eigenvalue weighted by Gasteiger charge is 2.09. The molecule has 0 atom stereocenters. The minimum atomic E-state index is 0.0425. The third kappa shape index (κ3) is 3.79. The molecule has 5 heteroatoms. The molecule has 0 heterocycles. The average Bonchev–Trinajstić information content (AvgIpc) is 2.48.